The molecular formula is C6H8ClN3O. The van der Waals surface area contributed by atoms with Gasteiger partial charge in [-0.25, -0.2) is 4.98 Å². The average molecular weight is 174 g/mol. The van der Waals surface area contributed by atoms with Crippen LogP contribution in [0.4, 0.5) is 5.95 Å². The summed E-state index contributed by atoms with van der Waals surface area (Å²) in [6.45, 7) is 0. The van der Waals surface area contributed by atoms with E-state index in [9.17, 15) is 0 Å². The SMILES string of the molecule is COc1cc(CCl)nc(N)n1. The molecule has 1 heterocycles. The van der Waals surface area contributed by atoms with Crippen molar-refractivity contribution in [2.75, 3.05) is 12.8 Å². The molecule has 0 aliphatic carbocycles. The lowest BCUT2D eigenvalue weighted by molar-refractivity contribution is 0.397. The largest absolute Gasteiger partial charge is 0.481 e. The Labute approximate surface area is 69.4 Å². The van der Waals surface area contributed by atoms with Crippen LogP contribution in [0.2, 0.25) is 0 Å². The van der Waals surface area contributed by atoms with Crippen LogP contribution in [0.1, 0.15) is 5.69 Å². The van der Waals surface area contributed by atoms with E-state index in [4.69, 9.17) is 22.1 Å². The van der Waals surface area contributed by atoms with Gasteiger partial charge in [-0.3, -0.25) is 0 Å². The van der Waals surface area contributed by atoms with E-state index < -0.39 is 0 Å². The van der Waals surface area contributed by atoms with Crippen molar-refractivity contribution in [3.05, 3.63) is 11.8 Å². The molecule has 0 saturated carbocycles. The number of hydrogen-bond acceptors (Lipinski definition) is 4. The summed E-state index contributed by atoms with van der Waals surface area (Å²) in [5.74, 6) is 0.927. The number of methoxy groups -OCH3 is 1. The van der Waals surface area contributed by atoms with Crippen LogP contribution in [0.25, 0.3) is 0 Å². The van der Waals surface area contributed by atoms with Crippen molar-refractivity contribution in [2.24, 2.45) is 0 Å². The highest BCUT2D eigenvalue weighted by Gasteiger charge is 1.99. The van der Waals surface area contributed by atoms with Crippen molar-refractivity contribution < 1.29 is 4.74 Å². The van der Waals surface area contributed by atoms with Gasteiger partial charge in [0.25, 0.3) is 0 Å². The lowest BCUT2D eigenvalue weighted by Crippen LogP contribution is -1.99. The highest BCUT2D eigenvalue weighted by molar-refractivity contribution is 6.16. The first kappa shape index (κ1) is 8.07. The predicted molar refractivity (Wildman–Crippen MR) is 42.6 cm³/mol. The maximum absolute atomic E-state index is 5.53. The second kappa shape index (κ2) is 3.39. The zero-order valence-electron chi connectivity index (χ0n) is 6.04. The van der Waals surface area contributed by atoms with Crippen LogP contribution in [-0.2, 0) is 5.88 Å². The van der Waals surface area contributed by atoms with E-state index in [-0.39, 0.29) is 5.95 Å². The highest BCUT2D eigenvalue weighted by atomic mass is 35.5. The number of alkyl halides is 1. The molecule has 60 valence electrons. The minimum atomic E-state index is 0.181. The van der Waals surface area contributed by atoms with Gasteiger partial charge in [-0.2, -0.15) is 4.98 Å². The van der Waals surface area contributed by atoms with Crippen LogP contribution < -0.4 is 10.5 Å². The molecule has 0 unspecified atom stereocenters. The molecule has 1 aromatic rings. The molecule has 0 bridgehead atoms. The summed E-state index contributed by atoms with van der Waals surface area (Å²) in [4.78, 5) is 7.64. The molecule has 11 heavy (non-hydrogen) atoms. The Morgan fingerprint density at radius 2 is 2.36 bits per heavy atom. The van der Waals surface area contributed by atoms with Crippen molar-refractivity contribution >= 4 is 17.5 Å². The van der Waals surface area contributed by atoms with E-state index in [2.05, 4.69) is 9.97 Å². The highest BCUT2D eigenvalue weighted by Crippen LogP contribution is 2.10. The van der Waals surface area contributed by atoms with E-state index in [0.717, 1.165) is 0 Å². The third-order valence-corrected chi connectivity index (χ3v) is 1.39. The van der Waals surface area contributed by atoms with Crippen molar-refractivity contribution in [3.8, 4) is 5.88 Å². The van der Waals surface area contributed by atoms with Crippen molar-refractivity contribution in [1.82, 2.24) is 9.97 Å². The second-order valence-corrected chi connectivity index (χ2v) is 2.16. The van der Waals surface area contributed by atoms with Crippen molar-refractivity contribution in [1.29, 1.82) is 0 Å². The standard InChI is InChI=1S/C6H8ClN3O/c1-11-5-2-4(3-7)9-6(8)10-5/h2H,3H2,1H3,(H2,8,9,10). The third-order valence-electron chi connectivity index (χ3n) is 1.12. The van der Waals surface area contributed by atoms with Gasteiger partial charge in [-0.05, 0) is 0 Å². The first-order valence-corrected chi connectivity index (χ1v) is 3.53. The topological polar surface area (TPSA) is 61.0 Å². The molecule has 1 rings (SSSR count). The number of anilines is 1. The van der Waals surface area contributed by atoms with Crippen LogP contribution in [0, 0.1) is 0 Å². The molecule has 0 radical (unpaired) electrons. The number of nitrogens with two attached hydrogens (primary N) is 1. The fraction of sp³-hybridized carbons (Fsp3) is 0.333. The molecule has 0 fully saturated rings. The molecule has 0 atom stereocenters. The summed E-state index contributed by atoms with van der Waals surface area (Å²) in [7, 11) is 1.51. The summed E-state index contributed by atoms with van der Waals surface area (Å²) in [6.07, 6.45) is 0. The minimum Gasteiger partial charge on any atom is -0.481 e. The molecule has 4 nitrogen and oxygen atoms in total. The molecule has 1 aromatic heterocycles. The Kier molecular flexibility index (Phi) is 2.48. The van der Waals surface area contributed by atoms with E-state index in [1.807, 2.05) is 0 Å². The van der Waals surface area contributed by atoms with Crippen LogP contribution >= 0.6 is 11.6 Å². The first-order valence-electron chi connectivity index (χ1n) is 2.99. The maximum Gasteiger partial charge on any atom is 0.223 e. The van der Waals surface area contributed by atoms with E-state index in [1.54, 1.807) is 6.07 Å². The van der Waals surface area contributed by atoms with E-state index in [1.165, 1.54) is 7.11 Å². The fourth-order valence-electron chi connectivity index (χ4n) is 0.665. The molecule has 2 N–H and O–H groups in total. The fourth-order valence-corrected chi connectivity index (χ4v) is 0.802. The van der Waals surface area contributed by atoms with Crippen molar-refractivity contribution in [2.45, 2.75) is 5.88 Å². The van der Waals surface area contributed by atoms with Gasteiger partial charge in [0.2, 0.25) is 11.8 Å². The zero-order chi connectivity index (χ0) is 8.27. The Bertz CT molecular complexity index is 231. The molecule has 0 aliphatic rings. The number of aromatic nitrogens is 2. The Morgan fingerprint density at radius 3 is 2.91 bits per heavy atom. The van der Waals surface area contributed by atoms with Gasteiger partial charge in [-0.1, -0.05) is 0 Å². The average Bonchev–Trinajstić information content (AvgIpc) is 2.03. The summed E-state index contributed by atoms with van der Waals surface area (Å²) in [5, 5.41) is 0. The van der Waals surface area contributed by atoms with Crippen molar-refractivity contribution in [3.63, 3.8) is 0 Å². The van der Waals surface area contributed by atoms with Gasteiger partial charge >= 0.3 is 0 Å². The summed E-state index contributed by atoms with van der Waals surface area (Å²) in [5.41, 5.74) is 6.01. The van der Waals surface area contributed by atoms with Gasteiger partial charge in [0, 0.05) is 6.07 Å². The van der Waals surface area contributed by atoms with Crippen LogP contribution in [0.5, 0.6) is 5.88 Å². The molecule has 0 saturated heterocycles. The van der Waals surface area contributed by atoms with Crippen LogP contribution in [-0.4, -0.2) is 17.1 Å². The normalized spacial score (nSPS) is 9.64. The lowest BCUT2D eigenvalue weighted by Gasteiger charge is -2.00. The Balaban J connectivity index is 3.02. The molecule has 0 spiro atoms. The van der Waals surface area contributed by atoms with E-state index in [0.29, 0.717) is 17.5 Å². The van der Waals surface area contributed by atoms with Crippen LogP contribution in [0.15, 0.2) is 6.07 Å². The number of rotatable bonds is 2. The lowest BCUT2D eigenvalue weighted by atomic mass is 10.4. The van der Waals surface area contributed by atoms with Gasteiger partial charge < -0.3 is 10.5 Å². The number of halogens is 1. The number of nitrogen functional groups attached to an aromatic ring is 1. The summed E-state index contributed by atoms with van der Waals surface area (Å²) < 4.78 is 4.85. The third kappa shape index (κ3) is 1.94. The molecule has 0 aliphatic heterocycles. The van der Waals surface area contributed by atoms with Gasteiger partial charge in [-0.15, -0.1) is 11.6 Å². The summed E-state index contributed by atoms with van der Waals surface area (Å²) in [6, 6.07) is 1.64. The van der Waals surface area contributed by atoms with Crippen LogP contribution in [0.3, 0.4) is 0 Å². The smallest absolute Gasteiger partial charge is 0.223 e. The molecule has 5 heteroatoms. The first-order chi connectivity index (χ1) is 5.26. The maximum atomic E-state index is 5.53. The zero-order valence-corrected chi connectivity index (χ0v) is 6.80. The Hall–Kier alpha value is -1.03. The monoisotopic (exact) mass is 173 g/mol. The number of nitrogens with zero attached hydrogens (tertiary/aromatic N) is 2. The molecular weight excluding hydrogens is 166 g/mol. The minimum absolute atomic E-state index is 0.181. The predicted octanol–water partition coefficient (Wildman–Crippen LogP) is 0.806. The van der Waals surface area contributed by atoms with Gasteiger partial charge in [0.05, 0.1) is 18.7 Å². The number of ether oxygens (including phenoxy) is 1. The quantitative estimate of drug-likeness (QED) is 0.673. The Morgan fingerprint density at radius 1 is 1.64 bits per heavy atom. The van der Waals surface area contributed by atoms with E-state index >= 15 is 0 Å². The number of hydrogen-bond donors (Lipinski definition) is 1. The van der Waals surface area contributed by atoms with Gasteiger partial charge in [0.1, 0.15) is 0 Å². The summed E-state index contributed by atoms with van der Waals surface area (Å²) >= 11 is 5.53. The molecule has 0 aromatic carbocycles. The van der Waals surface area contributed by atoms with Gasteiger partial charge in [0.15, 0.2) is 0 Å². The molecule has 0 amide bonds. The second-order valence-electron chi connectivity index (χ2n) is 1.89.